The van der Waals surface area contributed by atoms with Crippen LogP contribution in [0.4, 0.5) is 5.82 Å². The van der Waals surface area contributed by atoms with Crippen molar-refractivity contribution in [3.63, 3.8) is 0 Å². The second-order valence-electron chi connectivity index (χ2n) is 3.03. The Morgan fingerprint density at radius 1 is 1.33 bits per heavy atom. The van der Waals surface area contributed by atoms with Crippen LogP contribution < -0.4 is 5.73 Å². The maximum atomic E-state index is 5.73. The maximum absolute atomic E-state index is 5.73. The Labute approximate surface area is 113 Å². The molecule has 15 heavy (non-hydrogen) atoms. The number of rotatable bonds is 1. The normalized spacial score (nSPS) is 10.3. The molecule has 0 saturated heterocycles. The molecule has 0 saturated carbocycles. The zero-order chi connectivity index (χ0) is 10.3. The zero-order valence-electron chi connectivity index (χ0n) is 8.56. The average molecular weight is 278 g/mol. The van der Waals surface area contributed by atoms with Gasteiger partial charge in [-0.15, -0.1) is 13.5 Å². The van der Waals surface area contributed by atoms with Crippen LogP contribution in [0.1, 0.15) is 11.6 Å². The monoisotopic (exact) mass is 278 g/mol. The minimum atomic E-state index is 0. The summed E-state index contributed by atoms with van der Waals surface area (Å²) < 4.78 is 1.65. The van der Waals surface area contributed by atoms with Crippen molar-refractivity contribution >= 4 is 17.0 Å². The number of nitrogens with two attached hydrogens (primary N) is 1. The van der Waals surface area contributed by atoms with E-state index in [9.17, 15) is 0 Å². The second kappa shape index (κ2) is 4.45. The molecular weight excluding hydrogens is 267 g/mol. The van der Waals surface area contributed by atoms with E-state index in [1.54, 1.807) is 4.57 Å². The molecule has 1 radical (unpaired) electrons. The Hall–Kier alpha value is -0.676. The minimum absolute atomic E-state index is 0. The van der Waals surface area contributed by atoms with E-state index in [1.807, 2.05) is 6.92 Å². The predicted octanol–water partition coefficient (Wildman–Crippen LogP) is 0.731. The summed E-state index contributed by atoms with van der Waals surface area (Å²) in [6.45, 7) is 5.55. The number of hydrogen-bond donors (Lipinski definition) is 1. The molecule has 0 aliphatic rings. The number of fused-ring (bicyclic) bond motifs is 1. The number of anilines is 1. The van der Waals surface area contributed by atoms with Crippen molar-refractivity contribution in [3.05, 3.63) is 25.6 Å². The van der Waals surface area contributed by atoms with Crippen LogP contribution in [0.25, 0.3) is 11.2 Å². The maximum Gasteiger partial charge on any atom is 0.141 e. The summed E-state index contributed by atoms with van der Waals surface area (Å²) in [6.07, 6.45) is 0.504. The molecule has 0 bridgehead atoms. The molecule has 0 spiro atoms. The summed E-state index contributed by atoms with van der Waals surface area (Å²) in [4.78, 5) is 12.6. The largest absolute Gasteiger partial charge is 0.454 e. The quantitative estimate of drug-likeness (QED) is 0.781. The van der Waals surface area contributed by atoms with E-state index in [-0.39, 0.29) is 32.7 Å². The molecule has 2 aromatic heterocycles. The Morgan fingerprint density at radius 3 is 2.60 bits per heavy atom. The molecule has 0 aliphatic heterocycles. The van der Waals surface area contributed by atoms with Gasteiger partial charge in [0.25, 0.3) is 0 Å². The van der Waals surface area contributed by atoms with Crippen molar-refractivity contribution < 1.29 is 32.7 Å². The van der Waals surface area contributed by atoms with Gasteiger partial charge in [0.05, 0.1) is 17.0 Å². The summed E-state index contributed by atoms with van der Waals surface area (Å²) in [5.74, 6) is 1.76. The molecule has 5 nitrogen and oxygen atoms in total. The smallest absolute Gasteiger partial charge is 0.141 e. The van der Waals surface area contributed by atoms with Crippen molar-refractivity contribution in [1.29, 1.82) is 0 Å². The average Bonchev–Trinajstić information content (AvgIpc) is 2.45. The molecule has 0 aliphatic carbocycles. The van der Waals surface area contributed by atoms with Gasteiger partial charge in [-0.25, -0.2) is 4.98 Å². The van der Waals surface area contributed by atoms with E-state index in [2.05, 4.69) is 28.9 Å². The zero-order valence-corrected chi connectivity index (χ0v) is 11.4. The van der Waals surface area contributed by atoms with Crippen molar-refractivity contribution in [2.75, 3.05) is 5.73 Å². The second-order valence-corrected chi connectivity index (χ2v) is 3.03. The number of hydrogen-bond acceptors (Lipinski definition) is 4. The van der Waals surface area contributed by atoms with Crippen LogP contribution in [0.5, 0.6) is 0 Å². The first-order valence-corrected chi connectivity index (χ1v) is 4.25. The van der Waals surface area contributed by atoms with Crippen molar-refractivity contribution in [2.24, 2.45) is 0 Å². The molecule has 6 heteroatoms. The molecule has 0 fully saturated rings. The van der Waals surface area contributed by atoms with Gasteiger partial charge in [0.1, 0.15) is 5.82 Å². The molecule has 2 N–H and O–H groups in total. The standard InChI is InChI=1S/C9H11N5.Y/c1-4-6-12-8(10)7-9(13-6)14(3)5(2)11-7;/h1,3-4H2,2H3,(H2,10,12,13);/q-2;. The summed E-state index contributed by atoms with van der Waals surface area (Å²) in [6, 6.07) is 0. The van der Waals surface area contributed by atoms with Gasteiger partial charge in [-0.1, -0.05) is 6.92 Å². The molecule has 2 aromatic rings. The third-order valence-corrected chi connectivity index (χ3v) is 2.08. The van der Waals surface area contributed by atoms with E-state index >= 15 is 0 Å². The third kappa shape index (κ3) is 1.99. The fourth-order valence-corrected chi connectivity index (χ4v) is 1.29. The van der Waals surface area contributed by atoms with Gasteiger partial charge in [-0.3, -0.25) is 4.98 Å². The van der Waals surface area contributed by atoms with Crippen LogP contribution in [0.15, 0.2) is 0 Å². The first kappa shape index (κ1) is 12.4. The van der Waals surface area contributed by atoms with Gasteiger partial charge in [0.15, 0.2) is 0 Å². The number of aromatic nitrogens is 4. The predicted molar refractivity (Wildman–Crippen MR) is 54.3 cm³/mol. The van der Waals surface area contributed by atoms with E-state index in [0.717, 1.165) is 5.82 Å². The first-order valence-electron chi connectivity index (χ1n) is 4.25. The fraction of sp³-hybridized carbons (Fsp3) is 0.222. The molecule has 0 amide bonds. The van der Waals surface area contributed by atoms with Crippen molar-refractivity contribution in [3.8, 4) is 0 Å². The van der Waals surface area contributed by atoms with Crippen LogP contribution in [-0.2, 0) is 39.1 Å². The number of aryl methyl sites for hydroxylation is 1. The summed E-state index contributed by atoms with van der Waals surface area (Å²) in [7, 11) is 3.81. The molecule has 0 atom stereocenters. The Morgan fingerprint density at radius 2 is 2.00 bits per heavy atom. The summed E-state index contributed by atoms with van der Waals surface area (Å²) >= 11 is 0. The first-order chi connectivity index (χ1) is 6.63. The SMILES string of the molecule is [CH2-]Cc1nc(N)c2nc(C)n([CH2-])c2n1.[Y]. The van der Waals surface area contributed by atoms with E-state index in [4.69, 9.17) is 5.73 Å². The summed E-state index contributed by atoms with van der Waals surface area (Å²) in [5, 5.41) is 0. The Balaban J connectivity index is 0.00000112. The van der Waals surface area contributed by atoms with Crippen LogP contribution in [0, 0.1) is 20.9 Å². The molecule has 2 heterocycles. The third-order valence-electron chi connectivity index (χ3n) is 2.08. The van der Waals surface area contributed by atoms with Gasteiger partial charge in [-0.05, 0) is 0 Å². The van der Waals surface area contributed by atoms with Crippen LogP contribution in [-0.4, -0.2) is 19.5 Å². The number of nitrogen functional groups attached to an aromatic ring is 1. The topological polar surface area (TPSA) is 69.6 Å². The van der Waals surface area contributed by atoms with E-state index < -0.39 is 0 Å². The summed E-state index contributed by atoms with van der Waals surface area (Å²) in [5.41, 5.74) is 7.00. The molecule has 2 rings (SSSR count). The van der Waals surface area contributed by atoms with Gasteiger partial charge < -0.3 is 22.2 Å². The molecular formula is C9H11N5Y-2. The van der Waals surface area contributed by atoms with Crippen LogP contribution in [0.2, 0.25) is 0 Å². The molecule has 0 aromatic carbocycles. The van der Waals surface area contributed by atoms with Crippen molar-refractivity contribution in [1.82, 2.24) is 19.5 Å². The van der Waals surface area contributed by atoms with Crippen molar-refractivity contribution in [2.45, 2.75) is 13.3 Å². The van der Waals surface area contributed by atoms with Crippen LogP contribution >= 0.6 is 0 Å². The fourth-order valence-electron chi connectivity index (χ4n) is 1.29. The van der Waals surface area contributed by atoms with Gasteiger partial charge in [0.2, 0.25) is 0 Å². The van der Waals surface area contributed by atoms with Crippen LogP contribution in [0.3, 0.4) is 0 Å². The molecule has 0 unspecified atom stereocenters. The Kier molecular flexibility index (Phi) is 3.68. The van der Waals surface area contributed by atoms with E-state index in [0.29, 0.717) is 29.2 Å². The van der Waals surface area contributed by atoms with E-state index in [1.165, 1.54) is 0 Å². The van der Waals surface area contributed by atoms with Gasteiger partial charge in [0, 0.05) is 38.5 Å². The number of nitrogens with zero attached hydrogens (tertiary/aromatic N) is 4. The molecule has 77 valence electrons. The minimum Gasteiger partial charge on any atom is -0.454 e. The Bertz CT molecular complexity index is 491. The number of imidazole rings is 1. The van der Waals surface area contributed by atoms with Gasteiger partial charge in [-0.2, -0.15) is 0 Å². The van der Waals surface area contributed by atoms with Gasteiger partial charge >= 0.3 is 0 Å².